The third-order valence-corrected chi connectivity index (χ3v) is 4.75. The van der Waals surface area contributed by atoms with Crippen molar-refractivity contribution in [1.82, 2.24) is 24.3 Å². The van der Waals surface area contributed by atoms with Gasteiger partial charge in [-0.15, -0.1) is 0 Å². The first-order chi connectivity index (χ1) is 14.5. The van der Waals surface area contributed by atoms with Crippen molar-refractivity contribution in [3.63, 3.8) is 0 Å². The predicted molar refractivity (Wildman–Crippen MR) is 100 cm³/mol. The van der Waals surface area contributed by atoms with Gasteiger partial charge in [-0.05, 0) is 30.3 Å². The molecular formula is C20H13F2N5O3. The van der Waals surface area contributed by atoms with E-state index in [0.717, 1.165) is 12.1 Å². The summed E-state index contributed by atoms with van der Waals surface area (Å²) in [5.74, 6) is -1.26. The molecule has 3 heterocycles. The standard InChI is InChI=1S/C20H13F2N5O3/c21-12-2-4-16(14(22)8-12)27-19(23-10-24-27)15-9-26-5-6-30-17-7-11(20(28)29)1-3-13(17)18(26)25-15/h1-4,7-10H,5-6H2,(H,28,29). The van der Waals surface area contributed by atoms with Crippen molar-refractivity contribution in [3.8, 4) is 34.3 Å². The van der Waals surface area contributed by atoms with Gasteiger partial charge in [-0.1, -0.05) is 0 Å². The number of aromatic carboxylic acids is 1. The summed E-state index contributed by atoms with van der Waals surface area (Å²) in [5.41, 5.74) is 1.21. The van der Waals surface area contributed by atoms with Crippen LogP contribution in [0.1, 0.15) is 10.4 Å². The Bertz CT molecular complexity index is 1300. The smallest absolute Gasteiger partial charge is 0.335 e. The van der Waals surface area contributed by atoms with E-state index in [1.54, 1.807) is 12.3 Å². The Morgan fingerprint density at radius 3 is 2.80 bits per heavy atom. The zero-order chi connectivity index (χ0) is 20.8. The molecule has 1 N–H and O–H groups in total. The van der Waals surface area contributed by atoms with Crippen LogP contribution in [0.3, 0.4) is 0 Å². The molecule has 0 saturated heterocycles. The Kier molecular flexibility index (Phi) is 4.05. The van der Waals surface area contributed by atoms with Gasteiger partial charge in [0, 0.05) is 12.3 Å². The van der Waals surface area contributed by atoms with E-state index in [-0.39, 0.29) is 17.1 Å². The number of fused-ring (bicyclic) bond motifs is 3. The summed E-state index contributed by atoms with van der Waals surface area (Å²) >= 11 is 0. The summed E-state index contributed by atoms with van der Waals surface area (Å²) in [5, 5.41) is 13.3. The Balaban J connectivity index is 1.62. The van der Waals surface area contributed by atoms with Crippen LogP contribution in [0, 0.1) is 11.6 Å². The summed E-state index contributed by atoms with van der Waals surface area (Å²) in [4.78, 5) is 20.1. The van der Waals surface area contributed by atoms with Gasteiger partial charge in [0.1, 0.15) is 41.7 Å². The van der Waals surface area contributed by atoms with Crippen LogP contribution in [0.5, 0.6) is 5.75 Å². The predicted octanol–water partition coefficient (Wildman–Crippen LogP) is 3.17. The molecule has 2 aromatic heterocycles. The van der Waals surface area contributed by atoms with Crippen molar-refractivity contribution in [2.24, 2.45) is 0 Å². The normalized spacial score (nSPS) is 12.6. The fraction of sp³-hybridized carbons (Fsp3) is 0.100. The Hall–Kier alpha value is -4.08. The minimum absolute atomic E-state index is 0.0435. The van der Waals surface area contributed by atoms with E-state index in [9.17, 15) is 18.7 Å². The molecule has 8 nitrogen and oxygen atoms in total. The number of nitrogens with zero attached hydrogens (tertiary/aromatic N) is 5. The van der Waals surface area contributed by atoms with Crippen LogP contribution in [0.15, 0.2) is 48.9 Å². The molecule has 0 spiro atoms. The van der Waals surface area contributed by atoms with E-state index in [2.05, 4.69) is 15.1 Å². The molecule has 5 rings (SSSR count). The highest BCUT2D eigenvalue weighted by Crippen LogP contribution is 2.34. The van der Waals surface area contributed by atoms with Crippen LogP contribution in [-0.4, -0.2) is 42.0 Å². The lowest BCUT2D eigenvalue weighted by molar-refractivity contribution is 0.0696. The zero-order valence-electron chi connectivity index (χ0n) is 15.3. The molecule has 30 heavy (non-hydrogen) atoms. The SMILES string of the molecule is O=C(O)c1ccc2c(c1)OCCn1cc(-c3ncnn3-c3ccc(F)cc3F)nc1-2. The van der Waals surface area contributed by atoms with Crippen molar-refractivity contribution in [2.75, 3.05) is 6.61 Å². The van der Waals surface area contributed by atoms with Crippen LogP contribution in [0.4, 0.5) is 8.78 Å². The van der Waals surface area contributed by atoms with Gasteiger partial charge in [-0.3, -0.25) is 0 Å². The number of imidazole rings is 1. The Morgan fingerprint density at radius 1 is 1.13 bits per heavy atom. The molecule has 1 aliphatic rings. The van der Waals surface area contributed by atoms with Crippen molar-refractivity contribution >= 4 is 5.97 Å². The number of ether oxygens (including phenoxy) is 1. The average Bonchev–Trinajstić information content (AvgIpc) is 3.32. The maximum Gasteiger partial charge on any atom is 0.335 e. The Morgan fingerprint density at radius 2 is 2.00 bits per heavy atom. The van der Waals surface area contributed by atoms with Crippen LogP contribution >= 0.6 is 0 Å². The van der Waals surface area contributed by atoms with Gasteiger partial charge in [0.25, 0.3) is 0 Å². The molecule has 4 aromatic rings. The molecule has 0 amide bonds. The van der Waals surface area contributed by atoms with Gasteiger partial charge >= 0.3 is 5.97 Å². The minimum atomic E-state index is -1.05. The van der Waals surface area contributed by atoms with E-state index in [1.807, 2.05) is 4.57 Å². The average molecular weight is 409 g/mol. The van der Waals surface area contributed by atoms with Gasteiger partial charge in [0.05, 0.1) is 17.7 Å². The Labute approximate surface area is 168 Å². The highest BCUT2D eigenvalue weighted by molar-refractivity contribution is 5.89. The number of aromatic nitrogens is 5. The van der Waals surface area contributed by atoms with Crippen LogP contribution < -0.4 is 4.74 Å². The molecule has 0 fully saturated rings. The number of carboxylic acids is 1. The van der Waals surface area contributed by atoms with Crippen molar-refractivity contribution in [3.05, 3.63) is 66.1 Å². The first-order valence-electron chi connectivity index (χ1n) is 8.95. The number of hydrogen-bond donors (Lipinski definition) is 1. The summed E-state index contributed by atoms with van der Waals surface area (Å²) in [7, 11) is 0. The quantitative estimate of drug-likeness (QED) is 0.559. The summed E-state index contributed by atoms with van der Waals surface area (Å²) in [6.45, 7) is 0.788. The summed E-state index contributed by atoms with van der Waals surface area (Å²) in [6, 6.07) is 7.76. The first-order valence-corrected chi connectivity index (χ1v) is 8.95. The van der Waals surface area contributed by atoms with Crippen molar-refractivity contribution in [2.45, 2.75) is 6.54 Å². The topological polar surface area (TPSA) is 95.1 Å². The second-order valence-corrected chi connectivity index (χ2v) is 6.60. The largest absolute Gasteiger partial charge is 0.491 e. The lowest BCUT2D eigenvalue weighted by Crippen LogP contribution is -2.05. The number of rotatable bonds is 3. The van der Waals surface area contributed by atoms with Gasteiger partial charge in [-0.2, -0.15) is 5.10 Å². The van der Waals surface area contributed by atoms with Gasteiger partial charge < -0.3 is 14.4 Å². The molecule has 0 atom stereocenters. The van der Waals surface area contributed by atoms with Crippen molar-refractivity contribution < 1.29 is 23.4 Å². The number of carbonyl (C=O) groups is 1. The van der Waals surface area contributed by atoms with E-state index in [0.29, 0.717) is 36.0 Å². The second-order valence-electron chi connectivity index (χ2n) is 6.60. The fourth-order valence-corrected chi connectivity index (χ4v) is 3.37. The van der Waals surface area contributed by atoms with E-state index in [4.69, 9.17) is 4.74 Å². The van der Waals surface area contributed by atoms with Crippen LogP contribution in [-0.2, 0) is 6.54 Å². The molecule has 0 saturated carbocycles. The van der Waals surface area contributed by atoms with Crippen LogP contribution in [0.25, 0.3) is 28.6 Å². The molecular weight excluding hydrogens is 396 g/mol. The first kappa shape index (κ1) is 18.0. The highest BCUT2D eigenvalue weighted by atomic mass is 19.1. The molecule has 0 bridgehead atoms. The van der Waals surface area contributed by atoms with Crippen molar-refractivity contribution in [1.29, 1.82) is 0 Å². The van der Waals surface area contributed by atoms with Gasteiger partial charge in [0.2, 0.25) is 0 Å². The maximum atomic E-state index is 14.3. The molecule has 0 unspecified atom stereocenters. The zero-order valence-corrected chi connectivity index (χ0v) is 15.3. The van der Waals surface area contributed by atoms with Gasteiger partial charge in [0.15, 0.2) is 11.6 Å². The van der Waals surface area contributed by atoms with E-state index < -0.39 is 17.6 Å². The molecule has 150 valence electrons. The van der Waals surface area contributed by atoms with E-state index in [1.165, 1.54) is 29.2 Å². The molecule has 10 heteroatoms. The molecule has 1 aliphatic heterocycles. The lowest BCUT2D eigenvalue weighted by atomic mass is 10.1. The van der Waals surface area contributed by atoms with E-state index >= 15 is 0 Å². The third-order valence-electron chi connectivity index (χ3n) is 4.75. The number of halogens is 2. The maximum absolute atomic E-state index is 14.3. The monoisotopic (exact) mass is 409 g/mol. The minimum Gasteiger partial charge on any atom is -0.491 e. The molecule has 0 aliphatic carbocycles. The highest BCUT2D eigenvalue weighted by Gasteiger charge is 2.23. The van der Waals surface area contributed by atoms with Crippen LogP contribution in [0.2, 0.25) is 0 Å². The van der Waals surface area contributed by atoms with Gasteiger partial charge in [-0.25, -0.2) is 28.2 Å². The second kappa shape index (κ2) is 6.76. The summed E-state index contributed by atoms with van der Waals surface area (Å²) < 4.78 is 36.3. The number of hydrogen-bond acceptors (Lipinski definition) is 5. The fourth-order valence-electron chi connectivity index (χ4n) is 3.37. The number of carboxylic acid groups (broad SMARTS) is 1. The lowest BCUT2D eigenvalue weighted by Gasteiger charge is -2.07. The summed E-state index contributed by atoms with van der Waals surface area (Å²) in [6.07, 6.45) is 3.00. The molecule has 0 radical (unpaired) electrons. The number of benzene rings is 2. The third kappa shape index (κ3) is 2.89. The molecule has 2 aromatic carbocycles.